The third-order valence-electron chi connectivity index (χ3n) is 2.84. The van der Waals surface area contributed by atoms with Crippen molar-refractivity contribution in [2.45, 2.75) is 32.4 Å². The van der Waals surface area contributed by atoms with Gasteiger partial charge in [-0.3, -0.25) is 0 Å². The molecule has 1 aromatic rings. The van der Waals surface area contributed by atoms with Crippen LogP contribution in [0.15, 0.2) is 22.7 Å². The summed E-state index contributed by atoms with van der Waals surface area (Å²) in [5.41, 5.74) is -0.0559. The molecular weight excluding hydrogens is 327 g/mol. The van der Waals surface area contributed by atoms with Crippen LogP contribution in [0.1, 0.15) is 20.8 Å². The Kier molecular flexibility index (Phi) is 4.22. The number of nitrogens with one attached hydrogen (secondary N) is 1. The molecule has 0 aromatic heterocycles. The van der Waals surface area contributed by atoms with Gasteiger partial charge in [-0.1, -0.05) is 6.07 Å². The Morgan fingerprint density at radius 1 is 1.45 bits per heavy atom. The summed E-state index contributed by atoms with van der Waals surface area (Å²) in [5.74, 6) is -0.316. The predicted octanol–water partition coefficient (Wildman–Crippen LogP) is 3.62. The zero-order chi connectivity index (χ0) is 14.9. The molecule has 2 rings (SSSR count). The summed E-state index contributed by atoms with van der Waals surface area (Å²) in [6.07, 6.45) is -0.328. The molecule has 6 heteroatoms. The second-order valence-corrected chi connectivity index (χ2v) is 6.68. The summed E-state index contributed by atoms with van der Waals surface area (Å²) >= 11 is 3.14. The summed E-state index contributed by atoms with van der Waals surface area (Å²) in [7, 11) is 0. The summed E-state index contributed by atoms with van der Waals surface area (Å²) < 4.78 is 19.5. The Hall–Kier alpha value is -1.30. The molecule has 0 bridgehead atoms. The number of anilines is 1. The molecule has 1 aromatic carbocycles. The number of carbonyl (C=O) groups excluding carboxylic acids is 1. The first-order valence-corrected chi connectivity index (χ1v) is 7.24. The van der Waals surface area contributed by atoms with Gasteiger partial charge in [0.05, 0.1) is 16.2 Å². The molecule has 20 heavy (non-hydrogen) atoms. The number of rotatable bonds is 2. The molecule has 1 N–H and O–H groups in total. The van der Waals surface area contributed by atoms with Crippen molar-refractivity contribution in [1.29, 1.82) is 0 Å². The van der Waals surface area contributed by atoms with Gasteiger partial charge in [-0.2, -0.15) is 0 Å². The highest BCUT2D eigenvalue weighted by molar-refractivity contribution is 9.10. The highest BCUT2D eigenvalue weighted by Crippen LogP contribution is 2.25. The monoisotopic (exact) mass is 344 g/mol. The molecule has 1 saturated heterocycles. The van der Waals surface area contributed by atoms with Gasteiger partial charge in [0.2, 0.25) is 0 Å². The van der Waals surface area contributed by atoms with E-state index in [0.29, 0.717) is 23.2 Å². The Balaban J connectivity index is 1.85. The SMILES string of the molecule is CC(C)(C)OC(=O)N1CC(Nc2cccc(Br)c2F)C1. The first-order valence-electron chi connectivity index (χ1n) is 6.45. The Labute approximate surface area is 126 Å². The maximum atomic E-state index is 13.8. The smallest absolute Gasteiger partial charge is 0.410 e. The number of benzene rings is 1. The summed E-state index contributed by atoms with van der Waals surface area (Å²) in [5, 5.41) is 3.08. The molecule has 4 nitrogen and oxygen atoms in total. The van der Waals surface area contributed by atoms with Gasteiger partial charge in [0, 0.05) is 13.1 Å². The quantitative estimate of drug-likeness (QED) is 0.890. The van der Waals surface area contributed by atoms with E-state index in [4.69, 9.17) is 4.74 Å². The fourth-order valence-corrected chi connectivity index (χ4v) is 2.25. The van der Waals surface area contributed by atoms with Crippen LogP contribution in [0, 0.1) is 5.82 Å². The summed E-state index contributed by atoms with van der Waals surface area (Å²) in [6.45, 7) is 6.52. The molecule has 0 radical (unpaired) electrons. The summed E-state index contributed by atoms with van der Waals surface area (Å²) in [4.78, 5) is 13.4. The van der Waals surface area contributed by atoms with Gasteiger partial charge in [-0.25, -0.2) is 9.18 Å². The average molecular weight is 345 g/mol. The molecule has 0 atom stereocenters. The van der Waals surface area contributed by atoms with Gasteiger partial charge >= 0.3 is 6.09 Å². The predicted molar refractivity (Wildman–Crippen MR) is 79.3 cm³/mol. The minimum Gasteiger partial charge on any atom is -0.444 e. The standard InChI is InChI=1S/C14H18BrFN2O2/c1-14(2,3)20-13(19)18-7-9(8-18)17-11-6-4-5-10(15)12(11)16/h4-6,9,17H,7-8H2,1-3H3. The first-order chi connectivity index (χ1) is 9.26. The first kappa shape index (κ1) is 15.1. The largest absolute Gasteiger partial charge is 0.444 e. The van der Waals surface area contributed by atoms with E-state index in [-0.39, 0.29) is 18.0 Å². The number of amides is 1. The van der Waals surface area contributed by atoms with E-state index in [2.05, 4.69) is 21.2 Å². The van der Waals surface area contributed by atoms with Crippen LogP contribution in [0.2, 0.25) is 0 Å². The molecule has 0 spiro atoms. The van der Waals surface area contributed by atoms with E-state index in [1.54, 1.807) is 23.1 Å². The highest BCUT2D eigenvalue weighted by Gasteiger charge is 2.33. The van der Waals surface area contributed by atoms with Crippen LogP contribution in [-0.2, 0) is 4.74 Å². The molecule has 0 aliphatic carbocycles. The fourth-order valence-electron chi connectivity index (χ4n) is 1.88. The molecule has 110 valence electrons. The van der Waals surface area contributed by atoms with Gasteiger partial charge in [0.1, 0.15) is 5.60 Å². The van der Waals surface area contributed by atoms with E-state index in [0.717, 1.165) is 0 Å². The summed E-state index contributed by atoms with van der Waals surface area (Å²) in [6, 6.07) is 5.14. The van der Waals surface area contributed by atoms with Crippen molar-refractivity contribution in [3.05, 3.63) is 28.5 Å². The number of nitrogens with zero attached hydrogens (tertiary/aromatic N) is 1. The number of hydrogen-bond acceptors (Lipinski definition) is 3. The van der Waals surface area contributed by atoms with Gasteiger partial charge < -0.3 is 15.0 Å². The zero-order valence-electron chi connectivity index (χ0n) is 11.7. The lowest BCUT2D eigenvalue weighted by Crippen LogP contribution is -2.58. The lowest BCUT2D eigenvalue weighted by Gasteiger charge is -2.40. The Morgan fingerprint density at radius 2 is 2.10 bits per heavy atom. The lowest BCUT2D eigenvalue weighted by molar-refractivity contribution is 0.0105. The van der Waals surface area contributed by atoms with Gasteiger partial charge in [0.15, 0.2) is 5.82 Å². The molecule has 1 aliphatic rings. The van der Waals surface area contributed by atoms with Crippen molar-refractivity contribution in [3.8, 4) is 0 Å². The highest BCUT2D eigenvalue weighted by atomic mass is 79.9. The normalized spacial score (nSPS) is 15.8. The minimum atomic E-state index is -0.494. The van der Waals surface area contributed by atoms with Crippen molar-refractivity contribution in [2.75, 3.05) is 18.4 Å². The number of likely N-dealkylation sites (tertiary alicyclic amines) is 1. The van der Waals surface area contributed by atoms with E-state index in [1.165, 1.54) is 0 Å². The molecule has 1 fully saturated rings. The van der Waals surface area contributed by atoms with E-state index < -0.39 is 5.60 Å². The third-order valence-corrected chi connectivity index (χ3v) is 3.46. The van der Waals surface area contributed by atoms with Crippen LogP contribution in [0.4, 0.5) is 14.9 Å². The number of ether oxygens (including phenoxy) is 1. The third kappa shape index (κ3) is 3.62. The molecule has 0 unspecified atom stereocenters. The van der Waals surface area contributed by atoms with E-state index >= 15 is 0 Å². The second-order valence-electron chi connectivity index (χ2n) is 5.83. The van der Waals surface area contributed by atoms with E-state index in [9.17, 15) is 9.18 Å². The maximum absolute atomic E-state index is 13.8. The van der Waals surface area contributed by atoms with Crippen LogP contribution in [0.25, 0.3) is 0 Å². The molecule has 1 amide bonds. The van der Waals surface area contributed by atoms with Gasteiger partial charge in [0.25, 0.3) is 0 Å². The minimum absolute atomic E-state index is 0.0475. The molecule has 1 aliphatic heterocycles. The van der Waals surface area contributed by atoms with Crippen LogP contribution in [-0.4, -0.2) is 35.7 Å². The van der Waals surface area contributed by atoms with Gasteiger partial charge in [-0.15, -0.1) is 0 Å². The van der Waals surface area contributed by atoms with Crippen LogP contribution in [0.3, 0.4) is 0 Å². The van der Waals surface area contributed by atoms with Crippen LogP contribution < -0.4 is 5.32 Å². The van der Waals surface area contributed by atoms with E-state index in [1.807, 2.05) is 20.8 Å². The number of carbonyl (C=O) groups is 1. The number of hydrogen-bond donors (Lipinski definition) is 1. The van der Waals surface area contributed by atoms with Crippen LogP contribution in [0.5, 0.6) is 0 Å². The van der Waals surface area contributed by atoms with Crippen molar-refractivity contribution < 1.29 is 13.9 Å². The average Bonchev–Trinajstić information content (AvgIpc) is 2.25. The van der Waals surface area contributed by atoms with Crippen molar-refractivity contribution in [3.63, 3.8) is 0 Å². The molecule has 0 saturated carbocycles. The Bertz CT molecular complexity index is 510. The van der Waals surface area contributed by atoms with Gasteiger partial charge in [-0.05, 0) is 48.8 Å². The maximum Gasteiger partial charge on any atom is 0.410 e. The van der Waals surface area contributed by atoms with Crippen molar-refractivity contribution >= 4 is 27.7 Å². The van der Waals surface area contributed by atoms with Crippen molar-refractivity contribution in [1.82, 2.24) is 4.90 Å². The molecular formula is C14H18BrFN2O2. The zero-order valence-corrected chi connectivity index (χ0v) is 13.3. The van der Waals surface area contributed by atoms with Crippen LogP contribution >= 0.6 is 15.9 Å². The second kappa shape index (κ2) is 5.60. The fraction of sp³-hybridized carbons (Fsp3) is 0.500. The topological polar surface area (TPSA) is 41.6 Å². The number of halogens is 2. The Morgan fingerprint density at radius 3 is 2.70 bits per heavy atom. The lowest BCUT2D eigenvalue weighted by atomic mass is 10.1. The van der Waals surface area contributed by atoms with Crippen molar-refractivity contribution in [2.24, 2.45) is 0 Å². The molecule has 1 heterocycles.